The van der Waals surface area contributed by atoms with Gasteiger partial charge in [0.05, 0.1) is 7.11 Å². The van der Waals surface area contributed by atoms with E-state index in [1.807, 2.05) is 6.92 Å². The van der Waals surface area contributed by atoms with Crippen molar-refractivity contribution in [2.45, 2.75) is 13.3 Å². The molecule has 3 heteroatoms. The van der Waals surface area contributed by atoms with E-state index in [0.29, 0.717) is 12.3 Å². The molecular formula is C6H11BrO2. The number of hydrogen-bond acceptors (Lipinski definition) is 2. The molecular weight excluding hydrogens is 184 g/mol. The molecule has 1 unspecified atom stereocenters. The van der Waals surface area contributed by atoms with E-state index < -0.39 is 0 Å². The van der Waals surface area contributed by atoms with Gasteiger partial charge in [0.25, 0.3) is 0 Å². The second-order valence-electron chi connectivity index (χ2n) is 2.04. The molecule has 0 radical (unpaired) electrons. The normalized spacial score (nSPS) is 12.8. The van der Waals surface area contributed by atoms with Crippen molar-refractivity contribution >= 4 is 21.9 Å². The van der Waals surface area contributed by atoms with Crippen molar-refractivity contribution in [3.05, 3.63) is 0 Å². The molecule has 1 atom stereocenters. The highest BCUT2D eigenvalue weighted by Gasteiger charge is 2.06. The largest absolute Gasteiger partial charge is 0.469 e. The molecule has 0 saturated heterocycles. The van der Waals surface area contributed by atoms with Crippen LogP contribution in [0.15, 0.2) is 0 Å². The fourth-order valence-corrected chi connectivity index (χ4v) is 0.651. The molecule has 0 heterocycles. The van der Waals surface area contributed by atoms with Gasteiger partial charge in [0.2, 0.25) is 0 Å². The van der Waals surface area contributed by atoms with Crippen molar-refractivity contribution in [2.75, 3.05) is 12.4 Å². The molecule has 0 rings (SSSR count). The number of halogens is 1. The summed E-state index contributed by atoms with van der Waals surface area (Å²) in [5.74, 6) is 0.236. The average molecular weight is 195 g/mol. The Morgan fingerprint density at radius 1 is 1.78 bits per heavy atom. The Labute approximate surface area is 63.7 Å². The Balaban J connectivity index is 3.34. The molecule has 0 bridgehead atoms. The zero-order valence-corrected chi connectivity index (χ0v) is 7.27. The molecule has 0 N–H and O–H groups in total. The Morgan fingerprint density at radius 2 is 2.33 bits per heavy atom. The minimum absolute atomic E-state index is 0.137. The van der Waals surface area contributed by atoms with Crippen LogP contribution in [0.5, 0.6) is 0 Å². The highest BCUT2D eigenvalue weighted by Crippen LogP contribution is 2.05. The highest BCUT2D eigenvalue weighted by atomic mass is 79.9. The topological polar surface area (TPSA) is 26.3 Å². The SMILES string of the molecule is COC(=O)CC(C)CBr. The van der Waals surface area contributed by atoms with E-state index in [-0.39, 0.29) is 5.97 Å². The van der Waals surface area contributed by atoms with Gasteiger partial charge in [-0.3, -0.25) is 4.79 Å². The van der Waals surface area contributed by atoms with Crippen LogP contribution in [0.3, 0.4) is 0 Å². The number of methoxy groups -OCH3 is 1. The van der Waals surface area contributed by atoms with E-state index in [1.165, 1.54) is 7.11 Å². The van der Waals surface area contributed by atoms with Crippen LogP contribution in [0.1, 0.15) is 13.3 Å². The summed E-state index contributed by atoms with van der Waals surface area (Å²) in [6.07, 6.45) is 0.502. The van der Waals surface area contributed by atoms with Crippen LogP contribution in [0, 0.1) is 5.92 Å². The quantitative estimate of drug-likeness (QED) is 0.504. The van der Waals surface area contributed by atoms with Crippen molar-refractivity contribution in [1.29, 1.82) is 0 Å². The molecule has 9 heavy (non-hydrogen) atoms. The molecule has 0 aromatic rings. The number of esters is 1. The van der Waals surface area contributed by atoms with Crippen LogP contribution in [-0.2, 0) is 9.53 Å². The summed E-state index contributed by atoms with van der Waals surface area (Å²) < 4.78 is 4.46. The van der Waals surface area contributed by atoms with E-state index in [9.17, 15) is 4.79 Å². The molecule has 0 spiro atoms. The van der Waals surface area contributed by atoms with E-state index in [2.05, 4.69) is 20.7 Å². The fraction of sp³-hybridized carbons (Fsp3) is 0.833. The van der Waals surface area contributed by atoms with Crippen LogP contribution in [0.2, 0.25) is 0 Å². The lowest BCUT2D eigenvalue weighted by molar-refractivity contribution is -0.141. The van der Waals surface area contributed by atoms with Gasteiger partial charge < -0.3 is 4.74 Å². The lowest BCUT2D eigenvalue weighted by Gasteiger charge is -2.03. The average Bonchev–Trinajstić information content (AvgIpc) is 1.87. The van der Waals surface area contributed by atoms with Gasteiger partial charge in [0.1, 0.15) is 0 Å². The first-order valence-electron chi connectivity index (χ1n) is 2.83. The van der Waals surface area contributed by atoms with Crippen LogP contribution >= 0.6 is 15.9 Å². The summed E-state index contributed by atoms with van der Waals surface area (Å²) in [7, 11) is 1.41. The molecule has 2 nitrogen and oxygen atoms in total. The number of ether oxygens (including phenoxy) is 1. The monoisotopic (exact) mass is 194 g/mol. The van der Waals surface area contributed by atoms with Crippen molar-refractivity contribution in [3.63, 3.8) is 0 Å². The second-order valence-corrected chi connectivity index (χ2v) is 2.69. The third-order valence-corrected chi connectivity index (χ3v) is 2.11. The van der Waals surface area contributed by atoms with E-state index in [1.54, 1.807) is 0 Å². The minimum Gasteiger partial charge on any atom is -0.469 e. The van der Waals surface area contributed by atoms with Gasteiger partial charge in [-0.2, -0.15) is 0 Å². The third-order valence-electron chi connectivity index (χ3n) is 1.01. The molecule has 0 fully saturated rings. The fourth-order valence-electron chi connectivity index (χ4n) is 0.422. The maximum absolute atomic E-state index is 10.5. The molecule has 0 aliphatic rings. The summed E-state index contributed by atoms with van der Waals surface area (Å²) in [5, 5.41) is 0.849. The standard InChI is InChI=1S/C6H11BrO2/c1-5(4-7)3-6(8)9-2/h5H,3-4H2,1-2H3. The second kappa shape index (κ2) is 4.79. The Morgan fingerprint density at radius 3 is 2.67 bits per heavy atom. The van der Waals surface area contributed by atoms with Crippen LogP contribution in [0.4, 0.5) is 0 Å². The van der Waals surface area contributed by atoms with Gasteiger partial charge in [-0.25, -0.2) is 0 Å². The predicted molar refractivity (Wildman–Crippen MR) is 39.6 cm³/mol. The maximum atomic E-state index is 10.5. The van der Waals surface area contributed by atoms with Gasteiger partial charge in [-0.05, 0) is 5.92 Å². The highest BCUT2D eigenvalue weighted by molar-refractivity contribution is 9.09. The zero-order valence-electron chi connectivity index (χ0n) is 5.69. The number of carbonyl (C=O) groups is 1. The molecule has 54 valence electrons. The van der Waals surface area contributed by atoms with Crippen LogP contribution < -0.4 is 0 Å². The van der Waals surface area contributed by atoms with Crippen molar-refractivity contribution in [2.24, 2.45) is 5.92 Å². The molecule has 0 amide bonds. The van der Waals surface area contributed by atoms with Crippen LogP contribution in [0.25, 0.3) is 0 Å². The van der Waals surface area contributed by atoms with Crippen LogP contribution in [-0.4, -0.2) is 18.4 Å². The lowest BCUT2D eigenvalue weighted by Crippen LogP contribution is -2.07. The van der Waals surface area contributed by atoms with Gasteiger partial charge in [0, 0.05) is 11.8 Å². The van der Waals surface area contributed by atoms with Crippen molar-refractivity contribution in [1.82, 2.24) is 0 Å². The Kier molecular flexibility index (Phi) is 4.77. The first-order chi connectivity index (χ1) is 4.20. The van der Waals surface area contributed by atoms with Gasteiger partial charge in [-0.1, -0.05) is 22.9 Å². The van der Waals surface area contributed by atoms with Crippen molar-refractivity contribution in [3.8, 4) is 0 Å². The summed E-state index contributed by atoms with van der Waals surface area (Å²) in [5.41, 5.74) is 0. The third kappa shape index (κ3) is 4.45. The van der Waals surface area contributed by atoms with Gasteiger partial charge in [-0.15, -0.1) is 0 Å². The molecule has 0 aliphatic carbocycles. The maximum Gasteiger partial charge on any atom is 0.305 e. The van der Waals surface area contributed by atoms with E-state index in [4.69, 9.17) is 0 Å². The number of hydrogen-bond donors (Lipinski definition) is 0. The minimum atomic E-state index is -0.137. The van der Waals surface area contributed by atoms with Crippen molar-refractivity contribution < 1.29 is 9.53 Å². The smallest absolute Gasteiger partial charge is 0.305 e. The van der Waals surface area contributed by atoms with Gasteiger partial charge in [0.15, 0.2) is 0 Å². The Bertz CT molecular complexity index is 93.1. The summed E-state index contributed by atoms with van der Waals surface area (Å²) in [6, 6.07) is 0. The molecule has 0 aromatic heterocycles. The number of alkyl halides is 1. The predicted octanol–water partition coefficient (Wildman–Crippen LogP) is 1.58. The van der Waals surface area contributed by atoms with E-state index in [0.717, 1.165) is 5.33 Å². The summed E-state index contributed by atoms with van der Waals surface area (Å²) in [6.45, 7) is 1.99. The summed E-state index contributed by atoms with van der Waals surface area (Å²) >= 11 is 3.26. The molecule has 0 aromatic carbocycles. The lowest BCUT2D eigenvalue weighted by atomic mass is 10.1. The number of rotatable bonds is 3. The first-order valence-corrected chi connectivity index (χ1v) is 3.95. The summed E-state index contributed by atoms with van der Waals surface area (Å²) in [4.78, 5) is 10.5. The number of carbonyl (C=O) groups excluding carboxylic acids is 1. The van der Waals surface area contributed by atoms with Gasteiger partial charge >= 0.3 is 5.97 Å². The van der Waals surface area contributed by atoms with E-state index >= 15 is 0 Å². The molecule has 0 saturated carbocycles. The zero-order chi connectivity index (χ0) is 7.28. The molecule has 0 aliphatic heterocycles. The first kappa shape index (κ1) is 8.95. The Hall–Kier alpha value is -0.0500.